The third kappa shape index (κ3) is 4.05. The smallest absolute Gasteiger partial charge is 0.224 e. The first kappa shape index (κ1) is 17.0. The highest BCUT2D eigenvalue weighted by Gasteiger charge is 2.31. The van der Waals surface area contributed by atoms with Crippen molar-refractivity contribution in [3.05, 3.63) is 35.4 Å². The molecule has 3 aliphatic rings. The average molecular weight is 344 g/mol. The maximum atomic E-state index is 12.6. The van der Waals surface area contributed by atoms with Crippen LogP contribution in [0.2, 0.25) is 0 Å². The Morgan fingerprint density at radius 1 is 1.08 bits per heavy atom. The lowest BCUT2D eigenvalue weighted by Crippen LogP contribution is -2.48. The number of fused-ring (bicyclic) bond motifs is 1. The van der Waals surface area contributed by atoms with Gasteiger partial charge in [0.2, 0.25) is 5.91 Å². The molecule has 25 heavy (non-hydrogen) atoms. The summed E-state index contributed by atoms with van der Waals surface area (Å²) in [6.07, 6.45) is 4.23. The summed E-state index contributed by atoms with van der Waals surface area (Å²) in [5.41, 5.74) is 2.69. The zero-order chi connectivity index (χ0) is 17.1. The maximum Gasteiger partial charge on any atom is 0.224 e. The Kier molecular flexibility index (Phi) is 5.34. The van der Waals surface area contributed by atoms with Crippen molar-refractivity contribution in [2.45, 2.75) is 44.4 Å². The summed E-state index contributed by atoms with van der Waals surface area (Å²) < 4.78 is 11.7. The fraction of sp³-hybridized carbons (Fsp3) is 0.650. The number of carbonyl (C=O) groups excluding carboxylic acids is 1. The molecule has 1 amide bonds. The third-order valence-corrected chi connectivity index (χ3v) is 5.68. The molecule has 5 heteroatoms. The Labute approximate surface area is 149 Å². The van der Waals surface area contributed by atoms with E-state index >= 15 is 0 Å². The van der Waals surface area contributed by atoms with Crippen molar-refractivity contribution in [3.8, 4) is 0 Å². The first-order valence-corrected chi connectivity index (χ1v) is 9.60. The monoisotopic (exact) mass is 344 g/mol. The van der Waals surface area contributed by atoms with Gasteiger partial charge in [-0.25, -0.2) is 0 Å². The molecule has 0 unspecified atom stereocenters. The highest BCUT2D eigenvalue weighted by Crippen LogP contribution is 2.22. The molecule has 2 fully saturated rings. The minimum Gasteiger partial charge on any atom is -0.375 e. The zero-order valence-electron chi connectivity index (χ0n) is 14.9. The number of ether oxygens (including phenoxy) is 2. The lowest BCUT2D eigenvalue weighted by atomic mass is 10.00. The van der Waals surface area contributed by atoms with Gasteiger partial charge in [-0.1, -0.05) is 24.3 Å². The second-order valence-electron chi connectivity index (χ2n) is 7.35. The van der Waals surface area contributed by atoms with E-state index in [1.165, 1.54) is 11.1 Å². The van der Waals surface area contributed by atoms with Crippen LogP contribution in [0.15, 0.2) is 24.3 Å². The molecule has 1 aromatic rings. The third-order valence-electron chi connectivity index (χ3n) is 5.68. The molecule has 0 aromatic heterocycles. The predicted molar refractivity (Wildman–Crippen MR) is 95.3 cm³/mol. The molecule has 5 nitrogen and oxygen atoms in total. The molecule has 136 valence electrons. The van der Waals surface area contributed by atoms with Crippen molar-refractivity contribution < 1.29 is 14.3 Å². The van der Waals surface area contributed by atoms with Crippen molar-refractivity contribution in [2.24, 2.45) is 0 Å². The Morgan fingerprint density at radius 2 is 1.92 bits per heavy atom. The van der Waals surface area contributed by atoms with Crippen molar-refractivity contribution in [2.75, 3.05) is 39.4 Å². The van der Waals surface area contributed by atoms with Crippen molar-refractivity contribution >= 4 is 5.91 Å². The Bertz CT molecular complexity index is 600. The molecule has 2 atom stereocenters. The van der Waals surface area contributed by atoms with E-state index in [-0.39, 0.29) is 18.1 Å². The number of rotatable bonds is 4. The fourth-order valence-electron chi connectivity index (χ4n) is 4.18. The largest absolute Gasteiger partial charge is 0.375 e. The van der Waals surface area contributed by atoms with Gasteiger partial charge in [0.1, 0.15) is 0 Å². The Morgan fingerprint density at radius 3 is 2.76 bits per heavy atom. The number of hydrogen-bond acceptors (Lipinski definition) is 4. The molecular formula is C20H28N2O3. The van der Waals surface area contributed by atoms with Gasteiger partial charge >= 0.3 is 0 Å². The summed E-state index contributed by atoms with van der Waals surface area (Å²) in [6, 6.07) is 8.46. The molecule has 3 heterocycles. The molecule has 3 aliphatic heterocycles. The molecule has 0 radical (unpaired) electrons. The molecule has 2 saturated heterocycles. The number of amides is 1. The van der Waals surface area contributed by atoms with E-state index in [0.717, 1.165) is 65.2 Å². The molecule has 4 rings (SSSR count). The van der Waals surface area contributed by atoms with E-state index < -0.39 is 0 Å². The summed E-state index contributed by atoms with van der Waals surface area (Å²) in [7, 11) is 0. The minimum absolute atomic E-state index is 0.174. The molecule has 0 spiro atoms. The van der Waals surface area contributed by atoms with Crippen LogP contribution in [0.3, 0.4) is 0 Å². The number of hydrogen-bond donors (Lipinski definition) is 0. The summed E-state index contributed by atoms with van der Waals surface area (Å²) in [6.45, 7) is 5.84. The van der Waals surface area contributed by atoms with Crippen LogP contribution in [-0.2, 0) is 27.2 Å². The molecule has 0 aliphatic carbocycles. The summed E-state index contributed by atoms with van der Waals surface area (Å²) in [5.74, 6) is 0.273. The highest BCUT2D eigenvalue weighted by atomic mass is 16.5. The van der Waals surface area contributed by atoms with Gasteiger partial charge in [-0.15, -0.1) is 0 Å². The van der Waals surface area contributed by atoms with Gasteiger partial charge < -0.3 is 14.4 Å². The minimum atomic E-state index is 0.174. The number of nitrogens with zero attached hydrogens (tertiary/aromatic N) is 2. The standard InChI is InChI=1S/C20H28N2O3/c23-20(22-10-7-16-4-1-2-5-17(16)14-22)8-9-21-11-13-25-19(15-21)18-6-3-12-24-18/h1-2,4-5,18-19H,3,6-15H2/t18-,19+/m0/s1. The predicted octanol–water partition coefficient (Wildman–Crippen LogP) is 1.84. The van der Waals surface area contributed by atoms with Crippen LogP contribution in [0.25, 0.3) is 0 Å². The van der Waals surface area contributed by atoms with E-state index in [2.05, 4.69) is 29.2 Å². The summed E-state index contributed by atoms with van der Waals surface area (Å²) in [4.78, 5) is 17.0. The van der Waals surface area contributed by atoms with Crippen LogP contribution in [-0.4, -0.2) is 67.3 Å². The second kappa shape index (κ2) is 7.85. The van der Waals surface area contributed by atoms with Crippen LogP contribution in [0.5, 0.6) is 0 Å². The fourth-order valence-corrected chi connectivity index (χ4v) is 4.18. The van der Waals surface area contributed by atoms with Gasteiger partial charge in [0.15, 0.2) is 0 Å². The van der Waals surface area contributed by atoms with Gasteiger partial charge in [-0.05, 0) is 30.4 Å². The first-order valence-electron chi connectivity index (χ1n) is 9.60. The van der Waals surface area contributed by atoms with Gasteiger partial charge in [0.25, 0.3) is 0 Å². The van der Waals surface area contributed by atoms with Gasteiger partial charge in [-0.2, -0.15) is 0 Å². The first-order chi connectivity index (χ1) is 12.3. The topological polar surface area (TPSA) is 42.0 Å². The SMILES string of the molecule is O=C(CCN1CCO[C@@H]([C@@H]2CCCO2)C1)N1CCc2ccccc2C1. The van der Waals surface area contributed by atoms with E-state index in [1.807, 2.05) is 4.90 Å². The van der Waals surface area contributed by atoms with Crippen LogP contribution in [0.4, 0.5) is 0 Å². The van der Waals surface area contributed by atoms with Crippen LogP contribution in [0, 0.1) is 0 Å². The van der Waals surface area contributed by atoms with Crippen molar-refractivity contribution in [1.29, 1.82) is 0 Å². The quantitative estimate of drug-likeness (QED) is 0.836. The normalized spacial score (nSPS) is 27.3. The van der Waals surface area contributed by atoms with E-state index in [4.69, 9.17) is 9.47 Å². The maximum absolute atomic E-state index is 12.6. The second-order valence-corrected chi connectivity index (χ2v) is 7.35. The van der Waals surface area contributed by atoms with E-state index in [1.54, 1.807) is 0 Å². The number of morpholine rings is 1. The molecular weight excluding hydrogens is 316 g/mol. The molecule has 0 bridgehead atoms. The van der Waals surface area contributed by atoms with Gasteiger partial charge in [0, 0.05) is 45.8 Å². The summed E-state index contributed by atoms with van der Waals surface area (Å²) in [5, 5.41) is 0. The average Bonchev–Trinajstić information content (AvgIpc) is 3.21. The number of benzene rings is 1. The Balaban J connectivity index is 1.26. The van der Waals surface area contributed by atoms with Gasteiger partial charge in [-0.3, -0.25) is 9.69 Å². The number of carbonyl (C=O) groups is 1. The Hall–Kier alpha value is -1.43. The lowest BCUT2D eigenvalue weighted by Gasteiger charge is -2.36. The van der Waals surface area contributed by atoms with E-state index in [9.17, 15) is 4.79 Å². The van der Waals surface area contributed by atoms with Crippen LogP contribution in [0.1, 0.15) is 30.4 Å². The zero-order valence-corrected chi connectivity index (χ0v) is 14.9. The van der Waals surface area contributed by atoms with Crippen LogP contribution < -0.4 is 0 Å². The molecule has 0 N–H and O–H groups in total. The highest BCUT2D eigenvalue weighted by molar-refractivity contribution is 5.76. The van der Waals surface area contributed by atoms with Crippen molar-refractivity contribution in [1.82, 2.24) is 9.80 Å². The van der Waals surface area contributed by atoms with Crippen molar-refractivity contribution in [3.63, 3.8) is 0 Å². The van der Waals surface area contributed by atoms with Gasteiger partial charge in [0.05, 0.1) is 18.8 Å². The molecule has 0 saturated carbocycles. The summed E-state index contributed by atoms with van der Waals surface area (Å²) >= 11 is 0. The molecule has 1 aromatic carbocycles. The lowest BCUT2D eigenvalue weighted by molar-refractivity contribution is -0.133. The van der Waals surface area contributed by atoms with E-state index in [0.29, 0.717) is 6.42 Å². The van der Waals surface area contributed by atoms with Crippen LogP contribution >= 0.6 is 0 Å².